The second kappa shape index (κ2) is 5.21. The molecule has 8 heteroatoms. The van der Waals surface area contributed by atoms with Gasteiger partial charge in [0, 0.05) is 12.7 Å². The number of benzene rings is 1. The van der Waals surface area contributed by atoms with E-state index < -0.39 is 11.9 Å². The van der Waals surface area contributed by atoms with Crippen LogP contribution in [0.3, 0.4) is 0 Å². The van der Waals surface area contributed by atoms with Crippen molar-refractivity contribution in [3.63, 3.8) is 0 Å². The summed E-state index contributed by atoms with van der Waals surface area (Å²) in [4.78, 5) is 0. The molecule has 5 nitrogen and oxygen atoms in total. The van der Waals surface area contributed by atoms with Crippen LogP contribution in [0, 0.1) is 11.3 Å². The summed E-state index contributed by atoms with van der Waals surface area (Å²) >= 11 is 0. The first-order valence-electron chi connectivity index (χ1n) is 5.61. The van der Waals surface area contributed by atoms with Crippen molar-refractivity contribution in [2.75, 3.05) is 5.32 Å². The fourth-order valence-corrected chi connectivity index (χ4v) is 1.71. The molecule has 0 spiro atoms. The zero-order chi connectivity index (χ0) is 14.8. The second-order valence-corrected chi connectivity index (χ2v) is 4.05. The van der Waals surface area contributed by atoms with Crippen LogP contribution in [-0.2, 0) is 19.8 Å². The van der Waals surface area contributed by atoms with Crippen LogP contribution in [-0.4, -0.2) is 15.0 Å². The monoisotopic (exact) mass is 281 g/mol. The van der Waals surface area contributed by atoms with Gasteiger partial charge in [0.2, 0.25) is 0 Å². The molecular weight excluding hydrogens is 271 g/mol. The molecule has 0 aliphatic carbocycles. The number of halogens is 3. The molecule has 2 aromatic rings. The van der Waals surface area contributed by atoms with Crippen LogP contribution in [0.2, 0.25) is 0 Å². The molecule has 0 amide bonds. The number of rotatable bonds is 3. The normalized spacial score (nSPS) is 11.2. The summed E-state index contributed by atoms with van der Waals surface area (Å²) in [5.41, 5.74) is 0.0248. The van der Waals surface area contributed by atoms with Gasteiger partial charge in [0.1, 0.15) is 5.69 Å². The Kier molecular flexibility index (Phi) is 3.61. The number of aryl methyl sites for hydroxylation is 1. The number of alkyl halides is 3. The molecule has 0 fully saturated rings. The molecule has 20 heavy (non-hydrogen) atoms. The molecule has 2 rings (SSSR count). The molecule has 0 aliphatic rings. The molecule has 1 aromatic heterocycles. The third-order valence-electron chi connectivity index (χ3n) is 2.64. The average molecular weight is 281 g/mol. The van der Waals surface area contributed by atoms with Gasteiger partial charge in [-0.25, -0.2) is 4.68 Å². The number of nitrogens with zero attached hydrogens (tertiary/aromatic N) is 4. The molecule has 0 aliphatic heterocycles. The van der Waals surface area contributed by atoms with Crippen LogP contribution in [0.1, 0.15) is 17.0 Å². The molecule has 0 unspecified atom stereocenters. The van der Waals surface area contributed by atoms with E-state index in [1.807, 2.05) is 6.07 Å². The van der Waals surface area contributed by atoms with Gasteiger partial charge in [0.05, 0.1) is 18.2 Å². The molecule has 1 aromatic carbocycles. The summed E-state index contributed by atoms with van der Waals surface area (Å²) in [6.07, 6.45) is -4.50. The Balaban J connectivity index is 2.13. The van der Waals surface area contributed by atoms with Gasteiger partial charge in [-0.3, -0.25) is 0 Å². The summed E-state index contributed by atoms with van der Waals surface area (Å²) in [6, 6.07) is 8.33. The number of nitriles is 1. The predicted molar refractivity (Wildman–Crippen MR) is 64.5 cm³/mol. The lowest BCUT2D eigenvalue weighted by Gasteiger charge is -2.09. The standard InChI is InChI=1S/C12H10F3N5/c1-20-11(12(13,14)15)10(18-19-20)7-17-9-4-2-8(6-16)3-5-9/h2-5,17H,7H2,1H3. The first-order chi connectivity index (χ1) is 9.41. The van der Waals surface area contributed by atoms with E-state index in [1.165, 1.54) is 7.05 Å². The summed E-state index contributed by atoms with van der Waals surface area (Å²) in [5.74, 6) is 0. The highest BCUT2D eigenvalue weighted by Crippen LogP contribution is 2.30. The average Bonchev–Trinajstić information content (AvgIpc) is 2.78. The third kappa shape index (κ3) is 2.88. The van der Waals surface area contributed by atoms with Crippen molar-refractivity contribution in [3.8, 4) is 6.07 Å². The van der Waals surface area contributed by atoms with E-state index >= 15 is 0 Å². The van der Waals surface area contributed by atoms with Gasteiger partial charge >= 0.3 is 6.18 Å². The number of anilines is 1. The van der Waals surface area contributed by atoms with Crippen molar-refractivity contribution in [3.05, 3.63) is 41.2 Å². The minimum atomic E-state index is -4.50. The maximum Gasteiger partial charge on any atom is 0.434 e. The number of hydrogen-bond acceptors (Lipinski definition) is 4. The minimum absolute atomic E-state index is 0.103. The fourth-order valence-electron chi connectivity index (χ4n) is 1.71. The van der Waals surface area contributed by atoms with E-state index in [0.717, 1.165) is 0 Å². The number of nitrogens with one attached hydrogen (secondary N) is 1. The molecule has 0 bridgehead atoms. The lowest BCUT2D eigenvalue weighted by Crippen LogP contribution is -2.15. The lowest BCUT2D eigenvalue weighted by atomic mass is 10.2. The summed E-state index contributed by atoms with van der Waals surface area (Å²) in [6.45, 7) is -0.103. The highest BCUT2D eigenvalue weighted by Gasteiger charge is 2.38. The first-order valence-corrected chi connectivity index (χ1v) is 5.61. The molecule has 0 saturated carbocycles. The Morgan fingerprint density at radius 3 is 2.50 bits per heavy atom. The molecule has 0 atom stereocenters. The molecule has 0 saturated heterocycles. The van der Waals surface area contributed by atoms with Crippen molar-refractivity contribution >= 4 is 5.69 Å². The molecule has 104 valence electrons. The second-order valence-electron chi connectivity index (χ2n) is 4.05. The van der Waals surface area contributed by atoms with Gasteiger partial charge in [0.25, 0.3) is 0 Å². The zero-order valence-corrected chi connectivity index (χ0v) is 10.4. The highest BCUT2D eigenvalue weighted by atomic mass is 19.4. The quantitative estimate of drug-likeness (QED) is 0.937. The number of aromatic nitrogens is 3. The topological polar surface area (TPSA) is 66.5 Å². The van der Waals surface area contributed by atoms with Gasteiger partial charge in [-0.15, -0.1) is 5.10 Å². The Morgan fingerprint density at radius 1 is 1.30 bits per heavy atom. The number of hydrogen-bond donors (Lipinski definition) is 1. The van der Waals surface area contributed by atoms with Gasteiger partial charge in [-0.05, 0) is 24.3 Å². The van der Waals surface area contributed by atoms with Crippen LogP contribution >= 0.6 is 0 Å². The van der Waals surface area contributed by atoms with Crippen LogP contribution in [0.15, 0.2) is 24.3 Å². The predicted octanol–water partition coefficient (Wildman–Crippen LogP) is 2.32. The lowest BCUT2D eigenvalue weighted by molar-refractivity contribution is -0.144. The van der Waals surface area contributed by atoms with Crippen LogP contribution in [0.4, 0.5) is 18.9 Å². The Hall–Kier alpha value is -2.56. The molecule has 0 radical (unpaired) electrons. The SMILES string of the molecule is Cn1nnc(CNc2ccc(C#N)cc2)c1C(F)(F)F. The van der Waals surface area contributed by atoms with Crippen LogP contribution in [0.5, 0.6) is 0 Å². The van der Waals surface area contributed by atoms with Crippen molar-refractivity contribution in [1.82, 2.24) is 15.0 Å². The van der Waals surface area contributed by atoms with Gasteiger partial charge in [-0.2, -0.15) is 18.4 Å². The molecule has 1 N–H and O–H groups in total. The summed E-state index contributed by atoms with van der Waals surface area (Å²) < 4.78 is 39.1. The maximum absolute atomic E-state index is 12.8. The Bertz CT molecular complexity index is 637. The van der Waals surface area contributed by atoms with E-state index in [9.17, 15) is 13.2 Å². The maximum atomic E-state index is 12.8. The van der Waals surface area contributed by atoms with Gasteiger partial charge in [-0.1, -0.05) is 5.21 Å². The van der Waals surface area contributed by atoms with Crippen molar-refractivity contribution in [2.24, 2.45) is 7.05 Å². The highest BCUT2D eigenvalue weighted by molar-refractivity contribution is 5.47. The van der Waals surface area contributed by atoms with E-state index in [0.29, 0.717) is 15.9 Å². The summed E-state index contributed by atoms with van der Waals surface area (Å²) in [5, 5.41) is 18.4. The Labute approximate surface area is 112 Å². The van der Waals surface area contributed by atoms with E-state index in [2.05, 4.69) is 15.6 Å². The van der Waals surface area contributed by atoms with E-state index in [1.54, 1.807) is 24.3 Å². The smallest absolute Gasteiger partial charge is 0.379 e. The zero-order valence-electron chi connectivity index (χ0n) is 10.4. The van der Waals surface area contributed by atoms with E-state index in [-0.39, 0.29) is 12.2 Å². The molecular formula is C12H10F3N5. The third-order valence-corrected chi connectivity index (χ3v) is 2.64. The van der Waals surface area contributed by atoms with Crippen molar-refractivity contribution < 1.29 is 13.2 Å². The van der Waals surface area contributed by atoms with Crippen LogP contribution < -0.4 is 5.32 Å². The van der Waals surface area contributed by atoms with Gasteiger partial charge < -0.3 is 5.32 Å². The first kappa shape index (κ1) is 13.9. The summed E-state index contributed by atoms with van der Waals surface area (Å²) in [7, 11) is 1.20. The minimum Gasteiger partial charge on any atom is -0.379 e. The van der Waals surface area contributed by atoms with Crippen molar-refractivity contribution in [2.45, 2.75) is 12.7 Å². The molecule has 1 heterocycles. The van der Waals surface area contributed by atoms with E-state index in [4.69, 9.17) is 5.26 Å². The fraction of sp³-hybridized carbons (Fsp3) is 0.250. The van der Waals surface area contributed by atoms with Crippen molar-refractivity contribution in [1.29, 1.82) is 5.26 Å². The Morgan fingerprint density at radius 2 is 1.95 bits per heavy atom. The van der Waals surface area contributed by atoms with Crippen LogP contribution in [0.25, 0.3) is 0 Å². The van der Waals surface area contributed by atoms with Gasteiger partial charge in [0.15, 0.2) is 5.69 Å². The largest absolute Gasteiger partial charge is 0.434 e.